The van der Waals surface area contributed by atoms with E-state index in [2.05, 4.69) is 10.6 Å². The summed E-state index contributed by atoms with van der Waals surface area (Å²) in [5.41, 5.74) is 0.359. The van der Waals surface area contributed by atoms with E-state index in [1.807, 2.05) is 0 Å². The molecule has 0 aliphatic carbocycles. The molecule has 0 spiro atoms. The first kappa shape index (κ1) is 21.4. The van der Waals surface area contributed by atoms with Crippen LogP contribution in [0.2, 0.25) is 0 Å². The van der Waals surface area contributed by atoms with Gasteiger partial charge in [0, 0.05) is 24.4 Å². The molecule has 0 saturated carbocycles. The van der Waals surface area contributed by atoms with Gasteiger partial charge in [-0.15, -0.1) is 12.4 Å². The molecule has 25 heavy (non-hydrogen) atoms. The number of carbonyl (C=O) groups is 2. The first-order chi connectivity index (χ1) is 11.3. The number of sulfone groups is 1. The lowest BCUT2D eigenvalue weighted by atomic mass is 10.1. The molecule has 1 heterocycles. The van der Waals surface area contributed by atoms with Crippen LogP contribution in [0.15, 0.2) is 23.1 Å². The highest BCUT2D eigenvalue weighted by atomic mass is 35.5. The molecule has 9 heteroatoms. The Morgan fingerprint density at radius 2 is 2.04 bits per heavy atom. The first-order valence-corrected chi connectivity index (χ1v) is 9.74. The van der Waals surface area contributed by atoms with Gasteiger partial charge in [0.1, 0.15) is 0 Å². The SMILES string of the molecule is CCOC(=O)c1cc(NC(=O)CC2CCCN2)cc(S(C)(=O)=O)c1.Cl. The van der Waals surface area contributed by atoms with Crippen LogP contribution in [-0.2, 0) is 19.4 Å². The molecule has 2 N–H and O–H groups in total. The summed E-state index contributed by atoms with van der Waals surface area (Å²) in [5.74, 6) is -0.856. The fourth-order valence-corrected chi connectivity index (χ4v) is 3.27. The van der Waals surface area contributed by atoms with Gasteiger partial charge in [-0.3, -0.25) is 4.79 Å². The summed E-state index contributed by atoms with van der Waals surface area (Å²) in [6, 6.07) is 4.15. The van der Waals surface area contributed by atoms with Crippen LogP contribution in [0, 0.1) is 0 Å². The zero-order valence-electron chi connectivity index (χ0n) is 14.2. The second-order valence-electron chi connectivity index (χ2n) is 5.78. The largest absolute Gasteiger partial charge is 0.462 e. The Morgan fingerprint density at radius 3 is 2.60 bits per heavy atom. The maximum atomic E-state index is 12.1. The van der Waals surface area contributed by atoms with Crippen LogP contribution in [0.5, 0.6) is 0 Å². The molecule has 1 atom stereocenters. The molecule has 0 aromatic heterocycles. The number of anilines is 1. The highest BCUT2D eigenvalue weighted by Crippen LogP contribution is 2.21. The second kappa shape index (κ2) is 9.17. The van der Waals surface area contributed by atoms with Gasteiger partial charge < -0.3 is 15.4 Å². The van der Waals surface area contributed by atoms with E-state index in [-0.39, 0.29) is 47.1 Å². The summed E-state index contributed by atoms with van der Waals surface area (Å²) in [6.45, 7) is 2.74. The second-order valence-corrected chi connectivity index (χ2v) is 7.80. The van der Waals surface area contributed by atoms with Gasteiger partial charge in [-0.2, -0.15) is 0 Å². The number of hydrogen-bond acceptors (Lipinski definition) is 6. The van der Waals surface area contributed by atoms with E-state index in [9.17, 15) is 18.0 Å². The molecular weight excluding hydrogens is 368 g/mol. The van der Waals surface area contributed by atoms with Crippen LogP contribution in [0.1, 0.15) is 36.5 Å². The van der Waals surface area contributed by atoms with Crippen LogP contribution in [0.3, 0.4) is 0 Å². The fourth-order valence-electron chi connectivity index (χ4n) is 2.58. The quantitative estimate of drug-likeness (QED) is 0.718. The van der Waals surface area contributed by atoms with E-state index in [1.165, 1.54) is 18.2 Å². The van der Waals surface area contributed by atoms with Gasteiger partial charge in [0.25, 0.3) is 0 Å². The lowest BCUT2D eigenvalue weighted by molar-refractivity contribution is -0.116. The van der Waals surface area contributed by atoms with Crippen LogP contribution < -0.4 is 10.6 Å². The lowest BCUT2D eigenvalue weighted by Crippen LogP contribution is -2.27. The van der Waals surface area contributed by atoms with Crippen LogP contribution in [-0.4, -0.2) is 45.7 Å². The zero-order valence-corrected chi connectivity index (χ0v) is 15.8. The zero-order chi connectivity index (χ0) is 17.7. The van der Waals surface area contributed by atoms with E-state index in [4.69, 9.17) is 4.74 Å². The summed E-state index contributed by atoms with van der Waals surface area (Å²) in [7, 11) is -3.53. The predicted molar refractivity (Wildman–Crippen MR) is 97.0 cm³/mol. The summed E-state index contributed by atoms with van der Waals surface area (Å²) < 4.78 is 28.5. The fraction of sp³-hybridized carbons (Fsp3) is 0.500. The van der Waals surface area contributed by atoms with Crippen molar-refractivity contribution in [3.63, 3.8) is 0 Å². The Bertz CT molecular complexity index is 730. The van der Waals surface area contributed by atoms with Crippen molar-refractivity contribution < 1.29 is 22.7 Å². The van der Waals surface area contributed by atoms with Crippen LogP contribution in [0.4, 0.5) is 5.69 Å². The van der Waals surface area contributed by atoms with Crippen LogP contribution >= 0.6 is 12.4 Å². The number of hydrogen-bond donors (Lipinski definition) is 2. The van der Waals surface area contributed by atoms with E-state index in [0.29, 0.717) is 6.42 Å². The summed E-state index contributed by atoms with van der Waals surface area (Å²) in [6.07, 6.45) is 3.32. The van der Waals surface area contributed by atoms with Crippen molar-refractivity contribution in [3.8, 4) is 0 Å². The number of nitrogens with one attached hydrogen (secondary N) is 2. The van der Waals surface area contributed by atoms with Gasteiger partial charge in [0.05, 0.1) is 17.1 Å². The van der Waals surface area contributed by atoms with Gasteiger partial charge in [-0.25, -0.2) is 13.2 Å². The lowest BCUT2D eigenvalue weighted by Gasteiger charge is -2.12. The Labute approximate surface area is 153 Å². The number of halogens is 1. The number of carbonyl (C=O) groups excluding carboxylic acids is 2. The molecule has 1 saturated heterocycles. The van der Waals surface area contributed by atoms with Crippen molar-refractivity contribution in [2.75, 3.05) is 24.7 Å². The molecule has 1 aliphatic heterocycles. The molecule has 0 bridgehead atoms. The third-order valence-corrected chi connectivity index (χ3v) is 4.82. The number of rotatable bonds is 6. The number of amides is 1. The Hall–Kier alpha value is -1.64. The number of benzene rings is 1. The highest BCUT2D eigenvalue weighted by molar-refractivity contribution is 7.90. The van der Waals surface area contributed by atoms with Gasteiger partial charge in [0.2, 0.25) is 5.91 Å². The molecule has 140 valence electrons. The van der Waals surface area contributed by atoms with E-state index < -0.39 is 15.8 Å². The van der Waals surface area contributed by atoms with Crippen molar-refractivity contribution in [1.29, 1.82) is 0 Å². The monoisotopic (exact) mass is 390 g/mol. The molecule has 1 aromatic rings. The minimum Gasteiger partial charge on any atom is -0.462 e. The average molecular weight is 391 g/mol. The van der Waals surface area contributed by atoms with E-state index in [0.717, 1.165) is 25.6 Å². The van der Waals surface area contributed by atoms with Gasteiger partial charge >= 0.3 is 5.97 Å². The molecule has 2 rings (SSSR count). The molecule has 1 aliphatic rings. The van der Waals surface area contributed by atoms with Crippen molar-refractivity contribution in [2.45, 2.75) is 37.1 Å². The summed E-state index contributed by atoms with van der Waals surface area (Å²) in [5, 5.41) is 5.89. The van der Waals surface area contributed by atoms with Gasteiger partial charge in [0.15, 0.2) is 9.84 Å². The summed E-state index contributed by atoms with van der Waals surface area (Å²) >= 11 is 0. The predicted octanol–water partition coefficient (Wildman–Crippen LogP) is 1.77. The normalized spacial score (nSPS) is 16.8. The molecule has 1 amide bonds. The topological polar surface area (TPSA) is 102 Å². The summed E-state index contributed by atoms with van der Waals surface area (Å²) in [4.78, 5) is 24.0. The third-order valence-electron chi connectivity index (χ3n) is 3.72. The van der Waals surface area contributed by atoms with Gasteiger partial charge in [-0.1, -0.05) is 0 Å². The molecule has 1 aromatic carbocycles. The molecule has 0 radical (unpaired) electrons. The van der Waals surface area contributed by atoms with Crippen LogP contribution in [0.25, 0.3) is 0 Å². The van der Waals surface area contributed by atoms with E-state index >= 15 is 0 Å². The Morgan fingerprint density at radius 1 is 1.32 bits per heavy atom. The number of ether oxygens (including phenoxy) is 1. The standard InChI is InChI=1S/C16H22N2O5S.ClH/c1-3-23-16(20)11-7-13(9-14(8-11)24(2,21)22)18-15(19)10-12-5-4-6-17-12;/h7-9,12,17H,3-6,10H2,1-2H3,(H,18,19);1H. The van der Waals surface area contributed by atoms with Crippen molar-refractivity contribution in [2.24, 2.45) is 0 Å². The Balaban J connectivity index is 0.00000312. The molecule has 1 fully saturated rings. The van der Waals surface area contributed by atoms with Crippen molar-refractivity contribution in [3.05, 3.63) is 23.8 Å². The average Bonchev–Trinajstić information content (AvgIpc) is 2.99. The molecule has 1 unspecified atom stereocenters. The van der Waals surface area contributed by atoms with Crippen molar-refractivity contribution >= 4 is 39.8 Å². The molecule has 7 nitrogen and oxygen atoms in total. The molecular formula is C16H23ClN2O5S. The smallest absolute Gasteiger partial charge is 0.338 e. The third kappa shape index (κ3) is 6.30. The Kier molecular flexibility index (Phi) is 7.85. The number of esters is 1. The maximum Gasteiger partial charge on any atom is 0.338 e. The maximum absolute atomic E-state index is 12.1. The first-order valence-electron chi connectivity index (χ1n) is 7.85. The van der Waals surface area contributed by atoms with E-state index in [1.54, 1.807) is 6.92 Å². The van der Waals surface area contributed by atoms with Gasteiger partial charge in [-0.05, 0) is 44.5 Å². The minimum atomic E-state index is -3.53. The van der Waals surface area contributed by atoms with Crippen molar-refractivity contribution in [1.82, 2.24) is 5.32 Å². The minimum absolute atomic E-state index is 0. The highest BCUT2D eigenvalue weighted by Gasteiger charge is 2.19.